The van der Waals surface area contributed by atoms with Crippen LogP contribution in [-0.4, -0.2) is 32.1 Å². The second kappa shape index (κ2) is 12.1. The van der Waals surface area contributed by atoms with Crippen molar-refractivity contribution >= 4 is 40.3 Å². The van der Waals surface area contributed by atoms with Crippen molar-refractivity contribution in [2.45, 2.75) is 12.1 Å². The van der Waals surface area contributed by atoms with Gasteiger partial charge in [0.05, 0.1) is 16.7 Å². The lowest BCUT2D eigenvalue weighted by Crippen LogP contribution is -2.30. The summed E-state index contributed by atoms with van der Waals surface area (Å²) in [6.45, 7) is -0.112. The predicted octanol–water partition coefficient (Wildman–Crippen LogP) is 5.98. The molecule has 0 radical (unpaired) electrons. The summed E-state index contributed by atoms with van der Waals surface area (Å²) in [5, 5.41) is 18.0. The van der Waals surface area contributed by atoms with E-state index in [1.165, 1.54) is 12.1 Å². The number of nitrogens with zero attached hydrogens (tertiary/aromatic N) is 4. The fraction of sp³-hybridized carbons (Fsp3) is 0.0938. The van der Waals surface area contributed by atoms with E-state index in [0.29, 0.717) is 16.5 Å². The lowest BCUT2D eigenvalue weighted by atomic mass is 10.0. The van der Waals surface area contributed by atoms with Gasteiger partial charge in [0, 0.05) is 47.3 Å². The fourth-order valence-corrected chi connectivity index (χ4v) is 5.45. The summed E-state index contributed by atoms with van der Waals surface area (Å²) in [5.41, 5.74) is 3.96. The normalized spacial score (nSPS) is 16.0. The minimum Gasteiger partial charge on any atom is -0.484 e. The molecule has 2 aromatic heterocycles. The molecule has 0 unspecified atom stereocenters. The molecule has 1 saturated heterocycles. The summed E-state index contributed by atoms with van der Waals surface area (Å²) in [6.07, 6.45) is 3.66. The van der Waals surface area contributed by atoms with Crippen LogP contribution in [0, 0.1) is 10.1 Å². The van der Waals surface area contributed by atoms with Gasteiger partial charge in [-0.15, -0.1) is 0 Å². The number of para-hydroxylation sites is 1. The molecule has 6 rings (SSSR count). The van der Waals surface area contributed by atoms with Gasteiger partial charge in [0.25, 0.3) is 11.6 Å². The molecule has 3 aromatic carbocycles. The van der Waals surface area contributed by atoms with Crippen molar-refractivity contribution in [2.24, 2.45) is 0 Å². The van der Waals surface area contributed by atoms with Gasteiger partial charge in [-0.05, 0) is 85.0 Å². The summed E-state index contributed by atoms with van der Waals surface area (Å²) in [4.78, 5) is 29.9. The van der Waals surface area contributed by atoms with Crippen molar-refractivity contribution < 1.29 is 14.5 Å². The first kappa shape index (κ1) is 27.6. The number of carbonyl (C=O) groups is 1. The molecule has 0 bridgehead atoms. The monoisotopic (exact) mass is 590 g/mol. The molecule has 5 aromatic rings. The third-order valence-corrected chi connectivity index (χ3v) is 7.38. The van der Waals surface area contributed by atoms with Crippen LogP contribution in [0.3, 0.4) is 0 Å². The van der Waals surface area contributed by atoms with Crippen LogP contribution in [0.25, 0.3) is 5.69 Å². The van der Waals surface area contributed by atoms with Gasteiger partial charge in [-0.3, -0.25) is 19.9 Å². The lowest BCUT2D eigenvalue weighted by molar-refractivity contribution is -0.384. The topological polar surface area (TPSA) is 115 Å². The van der Waals surface area contributed by atoms with E-state index in [1.54, 1.807) is 30.5 Å². The van der Waals surface area contributed by atoms with E-state index < -0.39 is 4.92 Å². The average molecular weight is 591 g/mol. The number of pyridine rings is 1. The number of amides is 1. The van der Waals surface area contributed by atoms with Crippen LogP contribution in [0.4, 0.5) is 17.1 Å². The van der Waals surface area contributed by atoms with E-state index in [2.05, 4.69) is 15.6 Å². The molecule has 0 spiro atoms. The van der Waals surface area contributed by atoms with E-state index >= 15 is 0 Å². The Labute approximate surface area is 252 Å². The molecular formula is C32H26N6O4S. The van der Waals surface area contributed by atoms with E-state index in [4.69, 9.17) is 17.0 Å². The maximum atomic E-state index is 12.5. The number of anilines is 2. The van der Waals surface area contributed by atoms with Gasteiger partial charge in [-0.1, -0.05) is 24.3 Å². The molecular weight excluding hydrogens is 564 g/mol. The summed E-state index contributed by atoms with van der Waals surface area (Å²) in [7, 11) is 0. The second-order valence-corrected chi connectivity index (χ2v) is 10.2. The predicted molar refractivity (Wildman–Crippen MR) is 167 cm³/mol. The molecule has 0 saturated carbocycles. The highest BCUT2D eigenvalue weighted by atomic mass is 32.1. The summed E-state index contributed by atoms with van der Waals surface area (Å²) in [6, 6.07) is 32.1. The fourth-order valence-electron chi connectivity index (χ4n) is 5.11. The highest BCUT2D eigenvalue weighted by Gasteiger charge is 2.42. The number of thiocarbonyl (C=S) groups is 1. The van der Waals surface area contributed by atoms with Crippen molar-refractivity contribution in [1.82, 2.24) is 14.9 Å². The van der Waals surface area contributed by atoms with Crippen LogP contribution in [0.2, 0.25) is 0 Å². The van der Waals surface area contributed by atoms with Gasteiger partial charge in [0.2, 0.25) is 0 Å². The molecule has 1 aliphatic heterocycles. The minimum atomic E-state index is -0.416. The van der Waals surface area contributed by atoms with E-state index in [0.717, 1.165) is 22.8 Å². The van der Waals surface area contributed by atoms with Crippen molar-refractivity contribution in [3.8, 4) is 11.4 Å². The molecule has 2 atom stereocenters. The standard InChI is InChI=1S/C32H26N6O4S/c39-29(21-42-26-7-2-1-3-8-26)34-22-11-13-24(14-12-22)37-31(30(35-32(37)43)27-9-4-5-19-33-27)28-10-6-20-36(28)23-15-17-25(18-16-23)38(40)41/h1-20,30-31H,21H2,(H,34,39)(H,35,43)/t30-,31-/m0/s1. The number of carbonyl (C=O) groups excluding carboxylic acids is 1. The number of hydrogen-bond acceptors (Lipinski definition) is 6. The molecule has 1 aliphatic rings. The summed E-state index contributed by atoms with van der Waals surface area (Å²) < 4.78 is 7.54. The van der Waals surface area contributed by atoms with Crippen molar-refractivity contribution in [3.05, 3.63) is 143 Å². The Balaban J connectivity index is 1.29. The molecule has 1 fully saturated rings. The van der Waals surface area contributed by atoms with Crippen molar-refractivity contribution in [3.63, 3.8) is 0 Å². The minimum absolute atomic E-state index is 0.0213. The van der Waals surface area contributed by atoms with Crippen LogP contribution in [-0.2, 0) is 4.79 Å². The summed E-state index contributed by atoms with van der Waals surface area (Å²) >= 11 is 5.86. The SMILES string of the molecule is O=C(COc1ccccc1)Nc1ccc(N2C(=S)N[C@@H](c3ccccn3)[C@@H]2c2cccn2-c2ccc([N+](=O)[O-])cc2)cc1. The van der Waals surface area contributed by atoms with Crippen LogP contribution in [0.5, 0.6) is 5.75 Å². The van der Waals surface area contributed by atoms with Crippen molar-refractivity contribution in [1.29, 1.82) is 0 Å². The number of benzene rings is 3. The van der Waals surface area contributed by atoms with Gasteiger partial charge < -0.3 is 24.8 Å². The zero-order valence-electron chi connectivity index (χ0n) is 22.7. The van der Waals surface area contributed by atoms with Gasteiger partial charge in [-0.25, -0.2) is 0 Å². The molecule has 214 valence electrons. The first-order valence-electron chi connectivity index (χ1n) is 13.5. The van der Waals surface area contributed by atoms with E-state index in [-0.39, 0.29) is 30.3 Å². The number of aromatic nitrogens is 2. The number of ether oxygens (including phenoxy) is 1. The lowest BCUT2D eigenvalue weighted by Gasteiger charge is -2.29. The number of hydrogen-bond donors (Lipinski definition) is 2. The molecule has 11 heteroatoms. The smallest absolute Gasteiger partial charge is 0.269 e. The Kier molecular flexibility index (Phi) is 7.79. The summed E-state index contributed by atoms with van der Waals surface area (Å²) in [5.74, 6) is 0.346. The van der Waals surface area contributed by atoms with Crippen LogP contribution < -0.4 is 20.3 Å². The van der Waals surface area contributed by atoms with Gasteiger partial charge in [-0.2, -0.15) is 0 Å². The molecule has 0 aliphatic carbocycles. The third-order valence-electron chi connectivity index (χ3n) is 7.06. The third kappa shape index (κ3) is 5.92. The molecule has 3 heterocycles. The number of non-ortho nitro benzene ring substituents is 1. The van der Waals surface area contributed by atoms with Gasteiger partial charge in [0.15, 0.2) is 11.7 Å². The maximum absolute atomic E-state index is 12.5. The second-order valence-electron chi connectivity index (χ2n) is 9.77. The number of nitrogens with one attached hydrogen (secondary N) is 2. The largest absolute Gasteiger partial charge is 0.484 e. The van der Waals surface area contributed by atoms with Crippen LogP contribution >= 0.6 is 12.2 Å². The van der Waals surface area contributed by atoms with E-state index in [1.807, 2.05) is 88.5 Å². The Morgan fingerprint density at radius 3 is 2.35 bits per heavy atom. The van der Waals surface area contributed by atoms with E-state index in [9.17, 15) is 14.9 Å². The van der Waals surface area contributed by atoms with Gasteiger partial charge in [0.1, 0.15) is 11.8 Å². The first-order chi connectivity index (χ1) is 21.0. The zero-order chi connectivity index (χ0) is 29.8. The molecule has 1 amide bonds. The number of nitro benzene ring substituents is 1. The zero-order valence-corrected chi connectivity index (χ0v) is 23.6. The van der Waals surface area contributed by atoms with Gasteiger partial charge >= 0.3 is 0 Å². The molecule has 2 N–H and O–H groups in total. The maximum Gasteiger partial charge on any atom is 0.269 e. The first-order valence-corrected chi connectivity index (χ1v) is 13.9. The van der Waals surface area contributed by atoms with Crippen molar-refractivity contribution in [2.75, 3.05) is 16.8 Å². The number of nitro groups is 1. The highest BCUT2D eigenvalue weighted by molar-refractivity contribution is 7.80. The van der Waals surface area contributed by atoms with Crippen LogP contribution in [0.1, 0.15) is 23.5 Å². The Morgan fingerprint density at radius 1 is 0.930 bits per heavy atom. The average Bonchev–Trinajstić information content (AvgIpc) is 3.66. The quantitative estimate of drug-likeness (QED) is 0.123. The number of rotatable bonds is 9. The Morgan fingerprint density at radius 2 is 1.65 bits per heavy atom. The van der Waals surface area contributed by atoms with Crippen LogP contribution in [0.15, 0.2) is 122 Å². The molecule has 43 heavy (non-hydrogen) atoms. The Bertz CT molecular complexity index is 1740. The highest BCUT2D eigenvalue weighted by Crippen LogP contribution is 2.42. The Hall–Kier alpha value is -5.55. The molecule has 10 nitrogen and oxygen atoms in total.